The molecule has 1 aliphatic rings. The number of pyridine rings is 1. The van der Waals surface area contributed by atoms with Gasteiger partial charge < -0.3 is 9.80 Å². The van der Waals surface area contributed by atoms with Gasteiger partial charge in [0.15, 0.2) is 0 Å². The molecular weight excluding hydrogens is 262 g/mol. The normalized spacial score (nSPS) is 16.9. The Morgan fingerprint density at radius 2 is 2.14 bits per heavy atom. The number of nitrogens with zero attached hydrogens (tertiary/aromatic N) is 3. The molecule has 0 spiro atoms. The molecule has 0 aliphatic carbocycles. The highest BCUT2D eigenvalue weighted by Gasteiger charge is 2.19. The molecule has 2 rings (SSSR count). The van der Waals surface area contributed by atoms with Crippen LogP contribution in [0.4, 0.5) is 0 Å². The molecule has 0 N–H and O–H groups in total. The van der Waals surface area contributed by atoms with Gasteiger partial charge in [-0.05, 0) is 63.9 Å². The minimum atomic E-state index is 0.232. The molecule has 4 nitrogen and oxygen atoms in total. The highest BCUT2D eigenvalue weighted by atomic mass is 16.2. The van der Waals surface area contributed by atoms with Crippen molar-refractivity contribution in [1.82, 2.24) is 14.8 Å². The number of hydrogen-bond donors (Lipinski definition) is 0. The number of aromatic nitrogens is 1. The SMILES string of the molecule is Cc1cc(CN(C)C(=O)CCC(C)N2CCCC2)ccn1. The van der Waals surface area contributed by atoms with Crippen LogP contribution in [0.2, 0.25) is 0 Å². The molecule has 1 aliphatic heterocycles. The van der Waals surface area contributed by atoms with Gasteiger partial charge in [-0.25, -0.2) is 0 Å². The molecule has 116 valence electrons. The first-order chi connectivity index (χ1) is 10.1. The standard InChI is InChI=1S/C17H27N3O/c1-14-12-16(8-9-18-14)13-19(3)17(21)7-6-15(2)20-10-4-5-11-20/h8-9,12,15H,4-7,10-11,13H2,1-3H3. The molecule has 4 heteroatoms. The Bertz CT molecular complexity index is 469. The molecule has 0 aromatic carbocycles. The first-order valence-electron chi connectivity index (χ1n) is 7.96. The van der Waals surface area contributed by atoms with Crippen molar-refractivity contribution in [3.05, 3.63) is 29.6 Å². The van der Waals surface area contributed by atoms with Gasteiger partial charge in [-0.3, -0.25) is 9.78 Å². The Morgan fingerprint density at radius 3 is 2.81 bits per heavy atom. The number of aryl methyl sites for hydroxylation is 1. The second-order valence-electron chi connectivity index (χ2n) is 6.19. The number of hydrogen-bond acceptors (Lipinski definition) is 3. The Hall–Kier alpha value is -1.42. The molecule has 2 heterocycles. The van der Waals surface area contributed by atoms with Gasteiger partial charge >= 0.3 is 0 Å². The molecule has 1 fully saturated rings. The molecule has 1 atom stereocenters. The second kappa shape index (κ2) is 7.55. The predicted molar refractivity (Wildman–Crippen MR) is 85.0 cm³/mol. The van der Waals surface area contributed by atoms with E-state index in [1.165, 1.54) is 25.9 Å². The summed E-state index contributed by atoms with van der Waals surface area (Å²) < 4.78 is 0. The zero-order valence-electron chi connectivity index (χ0n) is 13.5. The summed E-state index contributed by atoms with van der Waals surface area (Å²) in [6.45, 7) is 7.27. The van der Waals surface area contributed by atoms with Gasteiger partial charge in [-0.15, -0.1) is 0 Å². The Balaban J connectivity index is 1.77. The first-order valence-corrected chi connectivity index (χ1v) is 7.96. The van der Waals surface area contributed by atoms with Crippen molar-refractivity contribution >= 4 is 5.91 Å². The van der Waals surface area contributed by atoms with Crippen LogP contribution in [0.25, 0.3) is 0 Å². The van der Waals surface area contributed by atoms with Gasteiger partial charge in [0.1, 0.15) is 0 Å². The quantitative estimate of drug-likeness (QED) is 0.807. The third-order valence-corrected chi connectivity index (χ3v) is 4.35. The average molecular weight is 289 g/mol. The zero-order valence-corrected chi connectivity index (χ0v) is 13.5. The lowest BCUT2D eigenvalue weighted by Gasteiger charge is -2.24. The van der Waals surface area contributed by atoms with Crippen LogP contribution in [0, 0.1) is 6.92 Å². The summed E-state index contributed by atoms with van der Waals surface area (Å²) in [6.07, 6.45) is 6.01. The lowest BCUT2D eigenvalue weighted by atomic mass is 10.1. The lowest BCUT2D eigenvalue weighted by molar-refractivity contribution is -0.130. The van der Waals surface area contributed by atoms with Crippen LogP contribution in [0.15, 0.2) is 18.3 Å². The smallest absolute Gasteiger partial charge is 0.222 e. The number of rotatable bonds is 6. The van der Waals surface area contributed by atoms with Gasteiger partial charge in [0.05, 0.1) is 0 Å². The van der Waals surface area contributed by atoms with E-state index in [0.29, 0.717) is 19.0 Å². The number of carbonyl (C=O) groups is 1. The van der Waals surface area contributed by atoms with Gasteiger partial charge in [0.2, 0.25) is 5.91 Å². The average Bonchev–Trinajstić information content (AvgIpc) is 2.98. The van der Waals surface area contributed by atoms with Crippen molar-refractivity contribution in [3.8, 4) is 0 Å². The number of amides is 1. The summed E-state index contributed by atoms with van der Waals surface area (Å²) >= 11 is 0. The summed E-state index contributed by atoms with van der Waals surface area (Å²) in [5.74, 6) is 0.232. The Labute approximate surface area is 128 Å². The molecule has 1 saturated heterocycles. The van der Waals surface area contributed by atoms with Crippen molar-refractivity contribution in [2.24, 2.45) is 0 Å². The fourth-order valence-electron chi connectivity index (χ4n) is 2.95. The summed E-state index contributed by atoms with van der Waals surface area (Å²) in [5, 5.41) is 0. The van der Waals surface area contributed by atoms with Crippen molar-refractivity contribution in [2.45, 2.75) is 52.1 Å². The third-order valence-electron chi connectivity index (χ3n) is 4.35. The van der Waals surface area contributed by atoms with E-state index in [2.05, 4.69) is 16.8 Å². The van der Waals surface area contributed by atoms with Gasteiger partial charge in [-0.1, -0.05) is 0 Å². The van der Waals surface area contributed by atoms with Crippen molar-refractivity contribution < 1.29 is 4.79 Å². The van der Waals surface area contributed by atoms with E-state index in [1.807, 2.05) is 31.0 Å². The molecule has 0 radical (unpaired) electrons. The Kier molecular flexibility index (Phi) is 5.74. The van der Waals surface area contributed by atoms with E-state index in [1.54, 1.807) is 6.20 Å². The van der Waals surface area contributed by atoms with E-state index < -0.39 is 0 Å². The predicted octanol–water partition coefficient (Wildman–Crippen LogP) is 2.61. The van der Waals surface area contributed by atoms with Crippen LogP contribution < -0.4 is 0 Å². The maximum Gasteiger partial charge on any atom is 0.222 e. The minimum absolute atomic E-state index is 0.232. The highest BCUT2D eigenvalue weighted by Crippen LogP contribution is 2.15. The van der Waals surface area contributed by atoms with E-state index in [9.17, 15) is 4.79 Å². The molecular formula is C17H27N3O. The number of carbonyl (C=O) groups excluding carboxylic acids is 1. The lowest BCUT2D eigenvalue weighted by Crippen LogP contribution is -2.32. The van der Waals surface area contributed by atoms with E-state index in [-0.39, 0.29) is 5.91 Å². The van der Waals surface area contributed by atoms with Crippen LogP contribution in [-0.2, 0) is 11.3 Å². The fraction of sp³-hybridized carbons (Fsp3) is 0.647. The zero-order chi connectivity index (χ0) is 15.2. The van der Waals surface area contributed by atoms with Crippen LogP contribution in [-0.4, -0.2) is 46.9 Å². The maximum absolute atomic E-state index is 12.2. The van der Waals surface area contributed by atoms with Crippen molar-refractivity contribution in [2.75, 3.05) is 20.1 Å². The fourth-order valence-corrected chi connectivity index (χ4v) is 2.95. The molecule has 21 heavy (non-hydrogen) atoms. The molecule has 1 aromatic rings. The third kappa shape index (κ3) is 4.81. The molecule has 1 aromatic heterocycles. The minimum Gasteiger partial charge on any atom is -0.341 e. The maximum atomic E-state index is 12.2. The first kappa shape index (κ1) is 16.0. The molecule has 0 saturated carbocycles. The number of likely N-dealkylation sites (tertiary alicyclic amines) is 1. The molecule has 1 amide bonds. The molecule has 1 unspecified atom stereocenters. The van der Waals surface area contributed by atoms with Gasteiger partial charge in [-0.2, -0.15) is 0 Å². The van der Waals surface area contributed by atoms with Crippen molar-refractivity contribution in [3.63, 3.8) is 0 Å². The van der Waals surface area contributed by atoms with Crippen molar-refractivity contribution in [1.29, 1.82) is 0 Å². The van der Waals surface area contributed by atoms with Crippen LogP contribution in [0.3, 0.4) is 0 Å². The van der Waals surface area contributed by atoms with Gasteiger partial charge in [0, 0.05) is 37.9 Å². The second-order valence-corrected chi connectivity index (χ2v) is 6.19. The largest absolute Gasteiger partial charge is 0.341 e. The topological polar surface area (TPSA) is 36.4 Å². The van der Waals surface area contributed by atoms with E-state index in [4.69, 9.17) is 0 Å². The van der Waals surface area contributed by atoms with Crippen LogP contribution in [0.1, 0.15) is 43.9 Å². The summed E-state index contributed by atoms with van der Waals surface area (Å²) in [6, 6.07) is 4.54. The highest BCUT2D eigenvalue weighted by molar-refractivity contribution is 5.75. The molecule has 0 bridgehead atoms. The monoisotopic (exact) mass is 289 g/mol. The van der Waals surface area contributed by atoms with Crippen LogP contribution in [0.5, 0.6) is 0 Å². The van der Waals surface area contributed by atoms with E-state index >= 15 is 0 Å². The summed E-state index contributed by atoms with van der Waals surface area (Å²) in [4.78, 5) is 20.8. The Morgan fingerprint density at radius 1 is 1.43 bits per heavy atom. The summed E-state index contributed by atoms with van der Waals surface area (Å²) in [7, 11) is 1.89. The summed E-state index contributed by atoms with van der Waals surface area (Å²) in [5.41, 5.74) is 2.14. The van der Waals surface area contributed by atoms with Crippen LogP contribution >= 0.6 is 0 Å². The van der Waals surface area contributed by atoms with E-state index in [0.717, 1.165) is 17.7 Å². The van der Waals surface area contributed by atoms with Gasteiger partial charge in [0.25, 0.3) is 0 Å².